The summed E-state index contributed by atoms with van der Waals surface area (Å²) in [7, 11) is 0. The Kier molecular flexibility index (Phi) is 1.84. The normalized spacial score (nSPS) is 37.2. The fourth-order valence-electron chi connectivity index (χ4n) is 2.45. The van der Waals surface area contributed by atoms with Gasteiger partial charge in [-0.25, -0.2) is 9.78 Å². The van der Waals surface area contributed by atoms with E-state index in [-0.39, 0.29) is 0 Å². The molecule has 0 fully saturated rings. The van der Waals surface area contributed by atoms with Gasteiger partial charge < -0.3 is 5.11 Å². The van der Waals surface area contributed by atoms with Gasteiger partial charge in [-0.05, 0) is 31.6 Å². The molecular weight excluding hydrogens is 204 g/mol. The van der Waals surface area contributed by atoms with Gasteiger partial charge in [0.1, 0.15) is 5.60 Å². The fourth-order valence-corrected chi connectivity index (χ4v) is 2.45. The Morgan fingerprint density at radius 3 is 2.38 bits per heavy atom. The van der Waals surface area contributed by atoms with Gasteiger partial charge in [-0.3, -0.25) is 0 Å². The molecule has 3 aliphatic rings. The van der Waals surface area contributed by atoms with Crippen LogP contribution in [0.4, 0.5) is 0 Å². The minimum Gasteiger partial charge on any atom is -0.390 e. The van der Waals surface area contributed by atoms with Crippen molar-refractivity contribution in [3.8, 4) is 0 Å². The average Bonchev–Trinajstić information content (AvgIpc) is 2.30. The number of hydrogen-bond acceptors (Lipinski definition) is 3. The van der Waals surface area contributed by atoms with Crippen LogP contribution < -0.4 is 0 Å². The van der Waals surface area contributed by atoms with Crippen LogP contribution >= 0.6 is 0 Å². The maximum atomic E-state index is 9.93. The highest BCUT2D eigenvalue weighted by Crippen LogP contribution is 2.50. The number of fused-ring (bicyclic) bond motifs is 1. The maximum absolute atomic E-state index is 9.93. The Balaban J connectivity index is 2.29. The molecule has 1 aromatic carbocycles. The molecule has 2 aliphatic heterocycles. The number of rotatable bonds is 1. The van der Waals surface area contributed by atoms with E-state index < -0.39 is 17.3 Å². The van der Waals surface area contributed by atoms with Crippen LogP contribution in [-0.4, -0.2) is 11.2 Å². The molecule has 16 heavy (non-hydrogen) atoms. The Morgan fingerprint density at radius 2 is 1.81 bits per heavy atom. The molecule has 3 unspecified atom stereocenters. The first-order valence-corrected chi connectivity index (χ1v) is 5.44. The maximum Gasteiger partial charge on any atom is 0.172 e. The van der Waals surface area contributed by atoms with Crippen LogP contribution in [-0.2, 0) is 21.0 Å². The van der Waals surface area contributed by atoms with E-state index in [4.69, 9.17) is 9.78 Å². The zero-order valence-corrected chi connectivity index (χ0v) is 9.31. The lowest BCUT2D eigenvalue weighted by Crippen LogP contribution is -2.50. The molecule has 1 aliphatic carbocycles. The smallest absolute Gasteiger partial charge is 0.172 e. The van der Waals surface area contributed by atoms with Crippen LogP contribution in [0, 0.1) is 0 Å². The first-order chi connectivity index (χ1) is 7.58. The van der Waals surface area contributed by atoms with E-state index in [1.807, 2.05) is 43.3 Å². The highest BCUT2D eigenvalue weighted by molar-refractivity contribution is 5.47. The van der Waals surface area contributed by atoms with Crippen LogP contribution in [0.2, 0.25) is 0 Å². The van der Waals surface area contributed by atoms with Crippen molar-refractivity contribution in [1.82, 2.24) is 0 Å². The largest absolute Gasteiger partial charge is 0.390 e. The first-order valence-electron chi connectivity index (χ1n) is 5.44. The third-order valence-corrected chi connectivity index (χ3v) is 3.51. The number of aliphatic hydroxyl groups is 1. The van der Waals surface area contributed by atoms with Gasteiger partial charge in [0, 0.05) is 5.56 Å². The Morgan fingerprint density at radius 1 is 1.12 bits per heavy atom. The van der Waals surface area contributed by atoms with Crippen molar-refractivity contribution < 1.29 is 14.9 Å². The fraction of sp³-hybridized carbons (Fsp3) is 0.385. The monoisotopic (exact) mass is 218 g/mol. The lowest BCUT2D eigenvalue weighted by molar-refractivity contribution is -0.430. The molecule has 0 radical (unpaired) electrons. The molecule has 3 heteroatoms. The molecule has 84 valence electrons. The van der Waals surface area contributed by atoms with Gasteiger partial charge in [0.25, 0.3) is 0 Å². The van der Waals surface area contributed by atoms with Gasteiger partial charge >= 0.3 is 0 Å². The van der Waals surface area contributed by atoms with Crippen molar-refractivity contribution in [1.29, 1.82) is 0 Å². The predicted octanol–water partition coefficient (Wildman–Crippen LogP) is 2.01. The molecule has 0 saturated carbocycles. The first kappa shape index (κ1) is 10.0. The summed E-state index contributed by atoms with van der Waals surface area (Å²) in [6, 6.07) is 7.91. The van der Waals surface area contributed by atoms with Crippen LogP contribution in [0.25, 0.3) is 0 Å². The van der Waals surface area contributed by atoms with E-state index in [1.165, 1.54) is 0 Å². The van der Waals surface area contributed by atoms with E-state index in [0.717, 1.165) is 11.1 Å². The minimum atomic E-state index is -0.853. The quantitative estimate of drug-likeness (QED) is 0.579. The molecule has 1 aromatic rings. The zero-order chi connectivity index (χ0) is 11.4. The molecule has 3 atom stereocenters. The Bertz CT molecular complexity index is 466. The minimum absolute atomic E-state index is 0.534. The lowest BCUT2D eigenvalue weighted by atomic mass is 9.74. The SMILES string of the molecule is CC(O)C12C=CC(C)(OO1)c1ccccc12. The Labute approximate surface area is 94.2 Å². The molecule has 1 N–H and O–H groups in total. The molecular formula is C13H14O3. The van der Waals surface area contributed by atoms with Gasteiger partial charge in [-0.1, -0.05) is 24.3 Å². The van der Waals surface area contributed by atoms with Gasteiger partial charge in [0.2, 0.25) is 0 Å². The van der Waals surface area contributed by atoms with Crippen LogP contribution in [0.1, 0.15) is 25.0 Å². The molecule has 0 amide bonds. The van der Waals surface area contributed by atoms with Crippen molar-refractivity contribution >= 4 is 0 Å². The van der Waals surface area contributed by atoms with Crippen molar-refractivity contribution in [2.75, 3.05) is 0 Å². The van der Waals surface area contributed by atoms with E-state index in [9.17, 15) is 5.11 Å². The summed E-state index contributed by atoms with van der Waals surface area (Å²) in [6.45, 7) is 3.66. The molecule has 4 rings (SSSR count). The highest BCUT2D eigenvalue weighted by Gasteiger charge is 2.52. The summed E-state index contributed by atoms with van der Waals surface area (Å²) in [5.74, 6) is 0. The number of aliphatic hydroxyl groups excluding tert-OH is 1. The third kappa shape index (κ3) is 1.03. The van der Waals surface area contributed by atoms with E-state index in [0.29, 0.717) is 0 Å². The third-order valence-electron chi connectivity index (χ3n) is 3.51. The second kappa shape index (κ2) is 2.94. The zero-order valence-electron chi connectivity index (χ0n) is 9.31. The van der Waals surface area contributed by atoms with Crippen LogP contribution in [0.3, 0.4) is 0 Å². The summed E-state index contributed by atoms with van der Waals surface area (Å²) in [4.78, 5) is 10.8. The average molecular weight is 218 g/mol. The number of hydrogen-bond donors (Lipinski definition) is 1. The van der Waals surface area contributed by atoms with Gasteiger partial charge in [-0.15, -0.1) is 0 Å². The van der Waals surface area contributed by atoms with E-state index in [2.05, 4.69) is 0 Å². The molecule has 2 heterocycles. The second-order valence-corrected chi connectivity index (χ2v) is 4.62. The topological polar surface area (TPSA) is 38.7 Å². The lowest BCUT2D eigenvalue weighted by Gasteiger charge is -2.48. The second-order valence-electron chi connectivity index (χ2n) is 4.62. The molecule has 0 spiro atoms. The molecule has 0 saturated heterocycles. The molecule has 2 bridgehead atoms. The number of benzene rings is 1. The van der Waals surface area contributed by atoms with Crippen molar-refractivity contribution in [3.63, 3.8) is 0 Å². The Hall–Kier alpha value is -1.16. The summed E-state index contributed by atoms with van der Waals surface area (Å²) in [5.41, 5.74) is 0.660. The molecule has 0 aromatic heterocycles. The molecule has 3 nitrogen and oxygen atoms in total. The predicted molar refractivity (Wildman–Crippen MR) is 58.5 cm³/mol. The van der Waals surface area contributed by atoms with E-state index >= 15 is 0 Å². The summed E-state index contributed by atoms with van der Waals surface area (Å²) in [6.07, 6.45) is 3.18. The standard InChI is InChI=1S/C13H14O3/c1-9(14)13-8-7-12(2,15-16-13)10-5-3-4-6-11(10)13/h3-9,14H,1-2H3. The van der Waals surface area contributed by atoms with Crippen LogP contribution in [0.5, 0.6) is 0 Å². The van der Waals surface area contributed by atoms with Crippen LogP contribution in [0.15, 0.2) is 36.4 Å². The summed E-state index contributed by atoms with van der Waals surface area (Å²) < 4.78 is 0. The van der Waals surface area contributed by atoms with Gasteiger partial charge in [0.05, 0.1) is 6.10 Å². The summed E-state index contributed by atoms with van der Waals surface area (Å²) in [5, 5.41) is 9.93. The summed E-state index contributed by atoms with van der Waals surface area (Å²) >= 11 is 0. The van der Waals surface area contributed by atoms with Gasteiger partial charge in [0.15, 0.2) is 5.60 Å². The van der Waals surface area contributed by atoms with Crippen molar-refractivity contribution in [2.45, 2.75) is 31.2 Å². The van der Waals surface area contributed by atoms with E-state index in [1.54, 1.807) is 6.92 Å². The highest BCUT2D eigenvalue weighted by atomic mass is 17.2. The van der Waals surface area contributed by atoms with Gasteiger partial charge in [-0.2, -0.15) is 0 Å². The van der Waals surface area contributed by atoms with Crippen molar-refractivity contribution in [3.05, 3.63) is 47.5 Å². The van der Waals surface area contributed by atoms with Crippen molar-refractivity contribution in [2.24, 2.45) is 0 Å².